The first-order valence-corrected chi connectivity index (χ1v) is 7.29. The van der Waals surface area contributed by atoms with Gasteiger partial charge in [-0.05, 0) is 37.8 Å². The maximum atomic E-state index is 11.3. The number of carbonyl (C=O) groups is 1. The van der Waals surface area contributed by atoms with E-state index in [0.717, 1.165) is 17.3 Å². The normalized spacial score (nSPS) is 16.2. The van der Waals surface area contributed by atoms with Crippen molar-refractivity contribution in [3.8, 4) is 11.5 Å². The van der Waals surface area contributed by atoms with Crippen LogP contribution >= 0.6 is 0 Å². The van der Waals surface area contributed by atoms with Gasteiger partial charge in [0.2, 0.25) is 0 Å². The summed E-state index contributed by atoms with van der Waals surface area (Å²) in [5.41, 5.74) is 2.03. The van der Waals surface area contributed by atoms with E-state index in [9.17, 15) is 4.79 Å². The summed E-state index contributed by atoms with van der Waals surface area (Å²) in [4.78, 5) is 11.3. The SMILES string of the molecule is CC(C1CC1)n1cc(C=O)c(-c2cc3ccccc3o2)n1. The Morgan fingerprint density at radius 2 is 2.19 bits per heavy atom. The zero-order valence-corrected chi connectivity index (χ0v) is 11.8. The van der Waals surface area contributed by atoms with Crippen molar-refractivity contribution in [2.75, 3.05) is 0 Å². The summed E-state index contributed by atoms with van der Waals surface area (Å²) in [5, 5.41) is 5.62. The molecule has 21 heavy (non-hydrogen) atoms. The molecular weight excluding hydrogens is 264 g/mol. The van der Waals surface area contributed by atoms with Gasteiger partial charge in [0.15, 0.2) is 12.0 Å². The van der Waals surface area contributed by atoms with Crippen LogP contribution in [0.2, 0.25) is 0 Å². The molecule has 0 radical (unpaired) electrons. The first-order chi connectivity index (χ1) is 10.3. The predicted molar refractivity (Wildman–Crippen MR) is 80.3 cm³/mol. The number of hydrogen-bond acceptors (Lipinski definition) is 3. The Morgan fingerprint density at radius 3 is 2.90 bits per heavy atom. The van der Waals surface area contributed by atoms with E-state index in [-0.39, 0.29) is 0 Å². The van der Waals surface area contributed by atoms with Crippen LogP contribution < -0.4 is 0 Å². The summed E-state index contributed by atoms with van der Waals surface area (Å²) in [6.45, 7) is 2.15. The van der Waals surface area contributed by atoms with Crippen molar-refractivity contribution in [2.45, 2.75) is 25.8 Å². The summed E-state index contributed by atoms with van der Waals surface area (Å²) >= 11 is 0. The van der Waals surface area contributed by atoms with Crippen molar-refractivity contribution in [2.24, 2.45) is 5.92 Å². The molecular formula is C17H16N2O2. The van der Waals surface area contributed by atoms with Crippen LogP contribution in [0.5, 0.6) is 0 Å². The zero-order valence-electron chi connectivity index (χ0n) is 11.8. The monoisotopic (exact) mass is 280 g/mol. The molecule has 1 unspecified atom stereocenters. The average molecular weight is 280 g/mol. The van der Waals surface area contributed by atoms with Gasteiger partial charge in [-0.25, -0.2) is 0 Å². The fraction of sp³-hybridized carbons (Fsp3) is 0.294. The molecule has 3 aromatic rings. The van der Waals surface area contributed by atoms with Gasteiger partial charge in [0, 0.05) is 11.6 Å². The minimum Gasteiger partial charge on any atom is -0.454 e. The number of benzene rings is 1. The molecule has 1 atom stereocenters. The topological polar surface area (TPSA) is 48.0 Å². The molecule has 2 heterocycles. The number of aldehydes is 1. The summed E-state index contributed by atoms with van der Waals surface area (Å²) < 4.78 is 7.74. The molecule has 2 aromatic heterocycles. The molecule has 4 heteroatoms. The average Bonchev–Trinajstić information content (AvgIpc) is 3.12. The Kier molecular flexibility index (Phi) is 2.70. The highest BCUT2D eigenvalue weighted by Crippen LogP contribution is 2.40. The first kappa shape index (κ1) is 12.4. The number of aromatic nitrogens is 2. The largest absolute Gasteiger partial charge is 0.454 e. The van der Waals surface area contributed by atoms with Crippen LogP contribution in [0.25, 0.3) is 22.4 Å². The number of para-hydroxylation sites is 1. The van der Waals surface area contributed by atoms with Crippen molar-refractivity contribution in [1.29, 1.82) is 0 Å². The second-order valence-corrected chi connectivity index (χ2v) is 5.76. The molecule has 0 saturated heterocycles. The fourth-order valence-electron chi connectivity index (χ4n) is 2.79. The molecule has 0 bridgehead atoms. The van der Waals surface area contributed by atoms with Gasteiger partial charge in [0.05, 0.1) is 11.6 Å². The van der Waals surface area contributed by atoms with Gasteiger partial charge in [-0.1, -0.05) is 18.2 Å². The van der Waals surface area contributed by atoms with Crippen molar-refractivity contribution < 1.29 is 9.21 Å². The van der Waals surface area contributed by atoms with E-state index in [1.807, 2.05) is 41.2 Å². The Bertz CT molecular complexity index is 778. The lowest BCUT2D eigenvalue weighted by Gasteiger charge is -2.09. The van der Waals surface area contributed by atoms with Crippen LogP contribution in [0, 0.1) is 5.92 Å². The zero-order chi connectivity index (χ0) is 14.4. The van der Waals surface area contributed by atoms with Gasteiger partial charge < -0.3 is 4.42 Å². The van der Waals surface area contributed by atoms with Crippen molar-refractivity contribution in [3.63, 3.8) is 0 Å². The molecule has 4 nitrogen and oxygen atoms in total. The number of carbonyl (C=O) groups excluding carboxylic acids is 1. The van der Waals surface area contributed by atoms with Crippen LogP contribution in [-0.2, 0) is 0 Å². The minimum atomic E-state index is 0.335. The molecule has 1 saturated carbocycles. The number of rotatable bonds is 4. The highest BCUT2D eigenvalue weighted by Gasteiger charge is 2.30. The summed E-state index contributed by atoms with van der Waals surface area (Å²) in [5.74, 6) is 1.34. The lowest BCUT2D eigenvalue weighted by atomic mass is 10.2. The van der Waals surface area contributed by atoms with Gasteiger partial charge in [-0.3, -0.25) is 9.48 Å². The molecule has 1 aliphatic rings. The van der Waals surface area contributed by atoms with Gasteiger partial charge >= 0.3 is 0 Å². The Hall–Kier alpha value is -2.36. The quantitative estimate of drug-likeness (QED) is 0.676. The van der Waals surface area contributed by atoms with Crippen LogP contribution in [0.15, 0.2) is 40.9 Å². The van der Waals surface area contributed by atoms with E-state index in [1.165, 1.54) is 12.8 Å². The van der Waals surface area contributed by atoms with Crippen LogP contribution in [0.3, 0.4) is 0 Å². The standard InChI is InChI=1S/C17H16N2O2/c1-11(12-6-7-12)19-9-14(10-20)17(18-19)16-8-13-4-2-3-5-15(13)21-16/h2-5,8-12H,6-7H2,1H3. The number of nitrogens with zero attached hydrogens (tertiary/aromatic N) is 2. The van der Waals surface area contributed by atoms with Crippen molar-refractivity contribution in [3.05, 3.63) is 42.1 Å². The first-order valence-electron chi connectivity index (χ1n) is 7.29. The second kappa shape index (κ2) is 4.58. The van der Waals surface area contributed by atoms with Gasteiger partial charge in [0.1, 0.15) is 11.3 Å². The third kappa shape index (κ3) is 2.07. The van der Waals surface area contributed by atoms with E-state index in [0.29, 0.717) is 29.0 Å². The smallest absolute Gasteiger partial charge is 0.156 e. The summed E-state index contributed by atoms with van der Waals surface area (Å²) in [7, 11) is 0. The van der Waals surface area contributed by atoms with Crippen molar-refractivity contribution >= 4 is 17.3 Å². The van der Waals surface area contributed by atoms with E-state index < -0.39 is 0 Å². The van der Waals surface area contributed by atoms with E-state index in [2.05, 4.69) is 12.0 Å². The fourth-order valence-corrected chi connectivity index (χ4v) is 2.79. The Morgan fingerprint density at radius 1 is 1.38 bits per heavy atom. The molecule has 4 rings (SSSR count). The second-order valence-electron chi connectivity index (χ2n) is 5.76. The number of furan rings is 1. The lowest BCUT2D eigenvalue weighted by molar-refractivity contribution is 0.112. The molecule has 1 aromatic carbocycles. The molecule has 0 aliphatic heterocycles. The van der Waals surface area contributed by atoms with Gasteiger partial charge in [-0.2, -0.15) is 5.10 Å². The number of hydrogen-bond donors (Lipinski definition) is 0. The lowest BCUT2D eigenvalue weighted by Crippen LogP contribution is -2.07. The van der Waals surface area contributed by atoms with Gasteiger partial charge in [-0.15, -0.1) is 0 Å². The molecule has 1 fully saturated rings. The predicted octanol–water partition coefficient (Wildman–Crippen LogP) is 4.08. The third-order valence-electron chi connectivity index (χ3n) is 4.27. The van der Waals surface area contributed by atoms with Gasteiger partial charge in [0.25, 0.3) is 0 Å². The van der Waals surface area contributed by atoms with Crippen LogP contribution in [0.1, 0.15) is 36.2 Å². The van der Waals surface area contributed by atoms with E-state index in [4.69, 9.17) is 4.42 Å². The highest BCUT2D eigenvalue weighted by atomic mass is 16.3. The molecule has 0 N–H and O–H groups in total. The van der Waals surface area contributed by atoms with E-state index >= 15 is 0 Å². The minimum absolute atomic E-state index is 0.335. The Balaban J connectivity index is 1.80. The maximum absolute atomic E-state index is 11.3. The number of fused-ring (bicyclic) bond motifs is 1. The van der Waals surface area contributed by atoms with Crippen molar-refractivity contribution in [1.82, 2.24) is 9.78 Å². The van der Waals surface area contributed by atoms with Crippen LogP contribution in [0.4, 0.5) is 0 Å². The Labute approximate surface area is 122 Å². The third-order valence-corrected chi connectivity index (χ3v) is 4.27. The highest BCUT2D eigenvalue weighted by molar-refractivity contribution is 5.88. The van der Waals surface area contributed by atoms with Crippen LogP contribution in [-0.4, -0.2) is 16.1 Å². The maximum Gasteiger partial charge on any atom is 0.156 e. The summed E-state index contributed by atoms with van der Waals surface area (Å²) in [6, 6.07) is 10.1. The molecule has 0 spiro atoms. The molecule has 0 amide bonds. The molecule has 106 valence electrons. The van der Waals surface area contributed by atoms with E-state index in [1.54, 1.807) is 0 Å². The molecule has 1 aliphatic carbocycles. The summed E-state index contributed by atoms with van der Waals surface area (Å²) in [6.07, 6.45) is 5.18.